The highest BCUT2D eigenvalue weighted by molar-refractivity contribution is 9.10. The summed E-state index contributed by atoms with van der Waals surface area (Å²) in [5, 5.41) is 18.7. The zero-order valence-corrected chi connectivity index (χ0v) is 8.62. The fourth-order valence-electron chi connectivity index (χ4n) is 0.791. The Balaban J connectivity index is 2.77. The van der Waals surface area contributed by atoms with Crippen molar-refractivity contribution in [3.05, 3.63) is 22.6 Å². The van der Waals surface area contributed by atoms with Crippen LogP contribution in [-0.4, -0.2) is 22.1 Å². The van der Waals surface area contributed by atoms with Crippen LogP contribution >= 0.6 is 28.6 Å². The van der Waals surface area contributed by atoms with E-state index in [0.29, 0.717) is 10.2 Å². The topological polar surface area (TPSA) is 53.6 Å². The Kier molecular flexibility index (Phi) is 3.64. The van der Waals surface area contributed by atoms with Crippen molar-refractivity contribution in [1.82, 2.24) is 0 Å². The summed E-state index contributed by atoms with van der Waals surface area (Å²) < 4.78 is 5.61. The van der Waals surface area contributed by atoms with Crippen LogP contribution in [0.2, 0.25) is 0 Å². The van der Waals surface area contributed by atoms with Gasteiger partial charge in [0.25, 0.3) is 0 Å². The molecular weight excluding hydrogens is 244 g/mol. The maximum absolute atomic E-state index is 9.44. The molecule has 0 saturated heterocycles. The van der Waals surface area contributed by atoms with Gasteiger partial charge in [-0.25, -0.2) is 0 Å². The first kappa shape index (κ1) is 10.1. The maximum Gasteiger partial charge on any atom is 0.149 e. The van der Waals surface area contributed by atoms with Gasteiger partial charge in [0.1, 0.15) is 11.9 Å². The van der Waals surface area contributed by atoms with E-state index in [1.54, 1.807) is 6.07 Å². The number of furan rings is 1. The van der Waals surface area contributed by atoms with E-state index in [4.69, 9.17) is 4.42 Å². The molecule has 0 aliphatic carbocycles. The molecule has 0 saturated carbocycles. The summed E-state index contributed by atoms with van der Waals surface area (Å²) in [6, 6.07) is 1.66. The molecule has 68 valence electrons. The van der Waals surface area contributed by atoms with Crippen LogP contribution in [0.5, 0.6) is 0 Å². The summed E-state index contributed by atoms with van der Waals surface area (Å²) in [6.07, 6.45) is -0.490. The van der Waals surface area contributed by atoms with Crippen LogP contribution < -0.4 is 0 Å². The average Bonchev–Trinajstić information content (AvgIpc) is 2.48. The molecule has 1 rings (SSSR count). The van der Waals surface area contributed by atoms with Gasteiger partial charge in [-0.1, -0.05) is 0 Å². The maximum atomic E-state index is 9.44. The quantitative estimate of drug-likeness (QED) is 0.713. The molecule has 5 heteroatoms. The minimum atomic E-state index is -1.02. The third-order valence-electron chi connectivity index (χ3n) is 1.46. The van der Waals surface area contributed by atoms with Crippen molar-refractivity contribution in [2.45, 2.75) is 12.2 Å². The lowest BCUT2D eigenvalue weighted by Gasteiger charge is -2.13. The van der Waals surface area contributed by atoms with Gasteiger partial charge < -0.3 is 14.6 Å². The lowest BCUT2D eigenvalue weighted by molar-refractivity contribution is 0.0193. The second-order valence-corrected chi connectivity index (χ2v) is 3.55. The lowest BCUT2D eigenvalue weighted by Crippen LogP contribution is -2.19. The van der Waals surface area contributed by atoms with Crippen molar-refractivity contribution < 1.29 is 14.6 Å². The molecule has 2 atom stereocenters. The van der Waals surface area contributed by atoms with Crippen molar-refractivity contribution in [3.8, 4) is 0 Å². The summed E-state index contributed by atoms with van der Waals surface area (Å²) >= 11 is 7.03. The fourth-order valence-corrected chi connectivity index (χ4v) is 1.43. The molecule has 1 aromatic heterocycles. The molecule has 3 nitrogen and oxygen atoms in total. The Labute approximate surface area is 83.9 Å². The number of aliphatic hydroxyl groups is 2. The molecule has 0 radical (unpaired) electrons. The Bertz CT molecular complexity index is 251. The van der Waals surface area contributed by atoms with Crippen LogP contribution in [0.25, 0.3) is 0 Å². The van der Waals surface area contributed by atoms with E-state index in [9.17, 15) is 10.2 Å². The minimum Gasteiger partial charge on any atom is -0.465 e. The Morgan fingerprint density at radius 3 is 2.67 bits per heavy atom. The Hall–Kier alpha value is 0.0300. The second kappa shape index (κ2) is 4.32. The molecule has 0 aliphatic rings. The smallest absolute Gasteiger partial charge is 0.149 e. The summed E-state index contributed by atoms with van der Waals surface area (Å²) in [7, 11) is 0. The van der Waals surface area contributed by atoms with Crippen LogP contribution in [0.15, 0.2) is 21.2 Å². The summed E-state index contributed by atoms with van der Waals surface area (Å²) in [5.74, 6) is 0.519. The van der Waals surface area contributed by atoms with Gasteiger partial charge in [0.15, 0.2) is 0 Å². The van der Waals surface area contributed by atoms with Gasteiger partial charge in [-0.2, -0.15) is 12.6 Å². The zero-order chi connectivity index (χ0) is 9.14. The van der Waals surface area contributed by atoms with Crippen molar-refractivity contribution in [1.29, 1.82) is 0 Å². The molecule has 2 N–H and O–H groups in total. The summed E-state index contributed by atoms with van der Waals surface area (Å²) in [4.78, 5) is 0. The molecule has 1 heterocycles. The van der Waals surface area contributed by atoms with Crippen LogP contribution in [0.1, 0.15) is 11.9 Å². The minimum absolute atomic E-state index is 0.189. The number of aliphatic hydroxyl groups excluding tert-OH is 2. The highest BCUT2D eigenvalue weighted by Crippen LogP contribution is 2.26. The standard InChI is InChI=1S/C7H9BrO3S/c8-4-1-2-11-7(4)6(10)5(9)3-12/h1-2,5-6,9-10,12H,3H2. The van der Waals surface area contributed by atoms with Gasteiger partial charge in [0.2, 0.25) is 0 Å². The highest BCUT2D eigenvalue weighted by atomic mass is 79.9. The molecule has 1 aromatic rings. The third kappa shape index (κ3) is 2.04. The van der Waals surface area contributed by atoms with Gasteiger partial charge in [-0.3, -0.25) is 0 Å². The van der Waals surface area contributed by atoms with E-state index in [1.807, 2.05) is 0 Å². The SMILES string of the molecule is OC(CS)C(O)c1occc1Br. The number of hydrogen-bond donors (Lipinski definition) is 3. The fraction of sp³-hybridized carbons (Fsp3) is 0.429. The molecule has 0 amide bonds. The Morgan fingerprint density at radius 2 is 2.25 bits per heavy atom. The van der Waals surface area contributed by atoms with Crippen molar-refractivity contribution in [2.24, 2.45) is 0 Å². The van der Waals surface area contributed by atoms with E-state index in [2.05, 4.69) is 28.6 Å². The van der Waals surface area contributed by atoms with Crippen molar-refractivity contribution in [2.75, 3.05) is 5.75 Å². The first-order valence-corrected chi connectivity index (χ1v) is 4.79. The summed E-state index contributed by atoms with van der Waals surface area (Å²) in [5.41, 5.74) is 0. The molecule has 0 spiro atoms. The number of thiol groups is 1. The second-order valence-electron chi connectivity index (χ2n) is 2.33. The van der Waals surface area contributed by atoms with E-state index in [0.717, 1.165) is 0 Å². The summed E-state index contributed by atoms with van der Waals surface area (Å²) in [6.45, 7) is 0. The predicted molar refractivity (Wildman–Crippen MR) is 51.2 cm³/mol. The van der Waals surface area contributed by atoms with Crippen molar-refractivity contribution >= 4 is 28.6 Å². The third-order valence-corrected chi connectivity index (χ3v) is 2.49. The first-order chi connectivity index (χ1) is 5.66. The molecule has 2 unspecified atom stereocenters. The Morgan fingerprint density at radius 1 is 1.58 bits per heavy atom. The monoisotopic (exact) mass is 252 g/mol. The lowest BCUT2D eigenvalue weighted by atomic mass is 10.2. The van der Waals surface area contributed by atoms with Crippen molar-refractivity contribution in [3.63, 3.8) is 0 Å². The number of hydrogen-bond acceptors (Lipinski definition) is 4. The number of rotatable bonds is 3. The largest absolute Gasteiger partial charge is 0.465 e. The molecule has 0 aliphatic heterocycles. The van der Waals surface area contributed by atoms with Gasteiger partial charge in [0, 0.05) is 5.75 Å². The van der Waals surface area contributed by atoms with Gasteiger partial charge in [-0.15, -0.1) is 0 Å². The zero-order valence-electron chi connectivity index (χ0n) is 6.14. The molecule has 12 heavy (non-hydrogen) atoms. The predicted octanol–water partition coefficient (Wildman–Crippen LogP) is 1.37. The van der Waals surface area contributed by atoms with Crippen LogP contribution in [0, 0.1) is 0 Å². The van der Waals surface area contributed by atoms with Gasteiger partial charge in [-0.05, 0) is 22.0 Å². The van der Waals surface area contributed by atoms with Gasteiger partial charge in [0.05, 0.1) is 16.8 Å². The van der Waals surface area contributed by atoms with Crippen LogP contribution in [0.3, 0.4) is 0 Å². The highest BCUT2D eigenvalue weighted by Gasteiger charge is 2.21. The molecule has 0 bridgehead atoms. The van der Waals surface area contributed by atoms with E-state index in [1.165, 1.54) is 6.26 Å². The van der Waals surface area contributed by atoms with Gasteiger partial charge >= 0.3 is 0 Å². The van der Waals surface area contributed by atoms with E-state index >= 15 is 0 Å². The normalized spacial score (nSPS) is 16.0. The van der Waals surface area contributed by atoms with E-state index < -0.39 is 12.2 Å². The van der Waals surface area contributed by atoms with E-state index in [-0.39, 0.29) is 5.75 Å². The molecule has 0 fully saturated rings. The van der Waals surface area contributed by atoms with Crippen LogP contribution in [-0.2, 0) is 0 Å². The molecule has 0 aromatic carbocycles. The average molecular weight is 253 g/mol. The molecular formula is C7H9BrO3S. The number of halogens is 1. The first-order valence-electron chi connectivity index (χ1n) is 3.36. The van der Waals surface area contributed by atoms with Crippen LogP contribution in [0.4, 0.5) is 0 Å².